The maximum absolute atomic E-state index is 12.3. The number of fused-ring (bicyclic) bond motifs is 1. The molecule has 1 amide bonds. The number of nitrogens with one attached hydrogen (secondary N) is 1. The predicted octanol–water partition coefficient (Wildman–Crippen LogP) is 1.92. The van der Waals surface area contributed by atoms with Crippen molar-refractivity contribution in [3.8, 4) is 11.5 Å². The third-order valence-corrected chi connectivity index (χ3v) is 4.41. The van der Waals surface area contributed by atoms with E-state index in [2.05, 4.69) is 17.1 Å². The van der Waals surface area contributed by atoms with Crippen molar-refractivity contribution < 1.29 is 14.3 Å². The van der Waals surface area contributed by atoms with Crippen molar-refractivity contribution in [2.45, 2.75) is 19.8 Å². The van der Waals surface area contributed by atoms with Crippen LogP contribution in [0.1, 0.15) is 30.1 Å². The monoisotopic (exact) mass is 304 g/mol. The zero-order valence-electron chi connectivity index (χ0n) is 13.1. The quantitative estimate of drug-likeness (QED) is 0.923. The third kappa shape index (κ3) is 3.53. The molecule has 1 N–H and O–H groups in total. The predicted molar refractivity (Wildman–Crippen MR) is 84.6 cm³/mol. The number of piperidine rings is 1. The van der Waals surface area contributed by atoms with E-state index in [-0.39, 0.29) is 5.91 Å². The molecular weight excluding hydrogens is 280 g/mol. The molecule has 1 aromatic carbocycles. The van der Waals surface area contributed by atoms with Gasteiger partial charge in [-0.3, -0.25) is 4.79 Å². The summed E-state index contributed by atoms with van der Waals surface area (Å²) in [4.78, 5) is 14.8. The van der Waals surface area contributed by atoms with E-state index >= 15 is 0 Å². The summed E-state index contributed by atoms with van der Waals surface area (Å²) in [6, 6.07) is 5.37. The van der Waals surface area contributed by atoms with Gasteiger partial charge in [-0.25, -0.2) is 0 Å². The molecular formula is C17H24N2O3. The van der Waals surface area contributed by atoms with Gasteiger partial charge >= 0.3 is 0 Å². The van der Waals surface area contributed by atoms with Crippen molar-refractivity contribution in [1.82, 2.24) is 10.2 Å². The van der Waals surface area contributed by atoms with Gasteiger partial charge in [0, 0.05) is 18.7 Å². The molecule has 2 aliphatic rings. The average molecular weight is 304 g/mol. The zero-order valence-corrected chi connectivity index (χ0v) is 13.1. The largest absolute Gasteiger partial charge is 0.486 e. The topological polar surface area (TPSA) is 50.8 Å². The van der Waals surface area contributed by atoms with Crippen LogP contribution in [0.4, 0.5) is 0 Å². The van der Waals surface area contributed by atoms with Gasteiger partial charge in [0.15, 0.2) is 11.5 Å². The van der Waals surface area contributed by atoms with Gasteiger partial charge < -0.3 is 19.7 Å². The van der Waals surface area contributed by atoms with Crippen LogP contribution in [0.15, 0.2) is 18.2 Å². The van der Waals surface area contributed by atoms with Crippen molar-refractivity contribution in [2.24, 2.45) is 5.92 Å². The molecule has 0 saturated carbocycles. The summed E-state index contributed by atoms with van der Waals surface area (Å²) < 4.78 is 11.0. The number of rotatable bonds is 4. The second-order valence-corrected chi connectivity index (χ2v) is 5.97. The van der Waals surface area contributed by atoms with Crippen LogP contribution >= 0.6 is 0 Å². The molecule has 0 aromatic heterocycles. The molecule has 1 fully saturated rings. The molecule has 0 bridgehead atoms. The normalized spacial score (nSPS) is 21.4. The SMILES string of the molecule is CCN1CCC[C@@H](CNC(=O)c2ccc3c(c2)OCCO3)C1. The molecule has 0 spiro atoms. The molecule has 0 unspecified atom stereocenters. The van der Waals surface area contributed by atoms with E-state index in [0.29, 0.717) is 36.2 Å². The van der Waals surface area contributed by atoms with Crippen LogP contribution in [0.2, 0.25) is 0 Å². The maximum atomic E-state index is 12.3. The third-order valence-electron chi connectivity index (χ3n) is 4.41. The van der Waals surface area contributed by atoms with Crippen LogP contribution in [0, 0.1) is 5.92 Å². The highest BCUT2D eigenvalue weighted by atomic mass is 16.6. The zero-order chi connectivity index (χ0) is 15.4. The lowest BCUT2D eigenvalue weighted by Gasteiger charge is -2.31. The van der Waals surface area contributed by atoms with Gasteiger partial charge in [0.2, 0.25) is 0 Å². The molecule has 0 aliphatic carbocycles. The Morgan fingerprint density at radius 1 is 1.32 bits per heavy atom. The minimum Gasteiger partial charge on any atom is -0.486 e. The van der Waals surface area contributed by atoms with Crippen LogP contribution in [-0.4, -0.2) is 50.2 Å². The average Bonchev–Trinajstić information content (AvgIpc) is 2.59. The van der Waals surface area contributed by atoms with Gasteiger partial charge in [-0.05, 0) is 50.0 Å². The molecule has 22 heavy (non-hydrogen) atoms. The van der Waals surface area contributed by atoms with Crippen molar-refractivity contribution >= 4 is 5.91 Å². The van der Waals surface area contributed by atoms with Crippen LogP contribution in [0.3, 0.4) is 0 Å². The van der Waals surface area contributed by atoms with Gasteiger partial charge in [0.1, 0.15) is 13.2 Å². The summed E-state index contributed by atoms with van der Waals surface area (Å²) in [7, 11) is 0. The van der Waals surface area contributed by atoms with E-state index < -0.39 is 0 Å². The first-order valence-electron chi connectivity index (χ1n) is 8.16. The van der Waals surface area contributed by atoms with Crippen molar-refractivity contribution in [3.63, 3.8) is 0 Å². The molecule has 1 aromatic rings. The first-order valence-corrected chi connectivity index (χ1v) is 8.16. The van der Waals surface area contributed by atoms with Gasteiger partial charge in [-0.2, -0.15) is 0 Å². The van der Waals surface area contributed by atoms with Crippen LogP contribution in [-0.2, 0) is 0 Å². The molecule has 1 saturated heterocycles. The summed E-state index contributed by atoms with van der Waals surface area (Å²) in [6.45, 7) is 7.38. The Morgan fingerprint density at radius 2 is 2.14 bits per heavy atom. The lowest BCUT2D eigenvalue weighted by molar-refractivity contribution is 0.0932. The lowest BCUT2D eigenvalue weighted by Crippen LogP contribution is -2.40. The Bertz CT molecular complexity index is 533. The molecule has 0 radical (unpaired) electrons. The first kappa shape index (κ1) is 15.2. The first-order chi connectivity index (χ1) is 10.8. The van der Waals surface area contributed by atoms with E-state index in [1.54, 1.807) is 12.1 Å². The highest BCUT2D eigenvalue weighted by Crippen LogP contribution is 2.30. The minimum atomic E-state index is -0.0365. The molecule has 5 heteroatoms. The number of carbonyl (C=O) groups excluding carboxylic acids is 1. The highest BCUT2D eigenvalue weighted by Gasteiger charge is 2.20. The van der Waals surface area contributed by atoms with Crippen molar-refractivity contribution in [1.29, 1.82) is 0 Å². The number of hydrogen-bond acceptors (Lipinski definition) is 4. The van der Waals surface area contributed by atoms with Gasteiger partial charge in [-0.15, -0.1) is 0 Å². The number of amides is 1. The van der Waals surface area contributed by atoms with Gasteiger partial charge in [0.05, 0.1) is 0 Å². The van der Waals surface area contributed by atoms with Crippen LogP contribution in [0.5, 0.6) is 11.5 Å². The summed E-state index contributed by atoms with van der Waals surface area (Å²) in [5, 5.41) is 3.06. The fourth-order valence-electron chi connectivity index (χ4n) is 3.13. The minimum absolute atomic E-state index is 0.0365. The van der Waals surface area contributed by atoms with Crippen LogP contribution in [0.25, 0.3) is 0 Å². The van der Waals surface area contributed by atoms with Gasteiger partial charge in [0.25, 0.3) is 5.91 Å². The van der Waals surface area contributed by atoms with E-state index in [4.69, 9.17) is 9.47 Å². The number of ether oxygens (including phenoxy) is 2. The molecule has 2 heterocycles. The standard InChI is InChI=1S/C17H24N2O3/c1-2-19-7-3-4-13(12-19)11-18-17(20)14-5-6-15-16(10-14)22-9-8-21-15/h5-6,10,13H,2-4,7-9,11-12H2,1H3,(H,18,20)/t13-/m0/s1. The highest BCUT2D eigenvalue weighted by molar-refractivity contribution is 5.94. The van der Waals surface area contributed by atoms with E-state index in [9.17, 15) is 4.79 Å². The Kier molecular flexibility index (Phi) is 4.83. The number of likely N-dealkylation sites (tertiary alicyclic amines) is 1. The summed E-state index contributed by atoms with van der Waals surface area (Å²) in [5.41, 5.74) is 0.632. The maximum Gasteiger partial charge on any atom is 0.251 e. The molecule has 5 nitrogen and oxygen atoms in total. The number of nitrogens with zero attached hydrogens (tertiary/aromatic N) is 1. The van der Waals surface area contributed by atoms with Crippen molar-refractivity contribution in [3.05, 3.63) is 23.8 Å². The molecule has 1 atom stereocenters. The summed E-state index contributed by atoms with van der Waals surface area (Å²) in [5.74, 6) is 1.89. The van der Waals surface area contributed by atoms with Gasteiger partial charge in [-0.1, -0.05) is 6.92 Å². The number of hydrogen-bond donors (Lipinski definition) is 1. The Balaban J connectivity index is 1.55. The fourth-order valence-corrected chi connectivity index (χ4v) is 3.13. The molecule has 3 rings (SSSR count). The Morgan fingerprint density at radius 3 is 2.95 bits per heavy atom. The molecule has 120 valence electrons. The Labute approximate surface area is 131 Å². The number of carbonyl (C=O) groups is 1. The summed E-state index contributed by atoms with van der Waals surface area (Å²) >= 11 is 0. The van der Waals surface area contributed by atoms with E-state index in [1.165, 1.54) is 19.4 Å². The second-order valence-electron chi connectivity index (χ2n) is 5.97. The number of benzene rings is 1. The van der Waals surface area contributed by atoms with Crippen molar-refractivity contribution in [2.75, 3.05) is 39.4 Å². The fraction of sp³-hybridized carbons (Fsp3) is 0.588. The smallest absolute Gasteiger partial charge is 0.251 e. The molecule has 2 aliphatic heterocycles. The van der Waals surface area contributed by atoms with E-state index in [0.717, 1.165) is 19.6 Å². The summed E-state index contributed by atoms with van der Waals surface area (Å²) in [6.07, 6.45) is 2.41. The van der Waals surface area contributed by atoms with E-state index in [1.807, 2.05) is 6.07 Å². The second kappa shape index (κ2) is 7.01. The Hall–Kier alpha value is -1.75. The lowest BCUT2D eigenvalue weighted by atomic mass is 9.98. The van der Waals surface area contributed by atoms with Crippen LogP contribution < -0.4 is 14.8 Å².